The molecule has 1 N–H and O–H groups in total. The molecular formula is C20H24N2O2S2. The van der Waals surface area contributed by atoms with Gasteiger partial charge >= 0.3 is 0 Å². The molecular weight excluding hydrogens is 364 g/mol. The molecule has 1 aliphatic heterocycles. The highest BCUT2D eigenvalue weighted by Gasteiger charge is 2.50. The summed E-state index contributed by atoms with van der Waals surface area (Å²) in [6, 6.07) is 10.1. The van der Waals surface area contributed by atoms with Gasteiger partial charge in [0.1, 0.15) is 10.0 Å². The number of hydrogen-bond acceptors (Lipinski definition) is 5. The smallest absolute Gasteiger partial charge is 0.273 e. The Hall–Kier alpha value is -1.37. The number of aromatic nitrogens is 1. The second-order valence-electron chi connectivity index (χ2n) is 7.20. The lowest BCUT2D eigenvalue weighted by molar-refractivity contribution is -0.110. The van der Waals surface area contributed by atoms with Crippen molar-refractivity contribution in [3.63, 3.8) is 0 Å². The van der Waals surface area contributed by atoms with Crippen LogP contribution in [0.2, 0.25) is 0 Å². The van der Waals surface area contributed by atoms with Crippen molar-refractivity contribution >= 4 is 29.0 Å². The number of thiazole rings is 1. The lowest BCUT2D eigenvalue weighted by Gasteiger charge is -2.52. The van der Waals surface area contributed by atoms with Crippen molar-refractivity contribution in [1.29, 1.82) is 0 Å². The highest BCUT2D eigenvalue weighted by Crippen LogP contribution is 2.47. The summed E-state index contributed by atoms with van der Waals surface area (Å²) in [6.45, 7) is 0.581. The van der Waals surface area contributed by atoms with Gasteiger partial charge in [0.2, 0.25) is 0 Å². The van der Waals surface area contributed by atoms with Crippen LogP contribution in [0.1, 0.15) is 48.2 Å². The quantitative estimate of drug-likeness (QED) is 0.802. The molecule has 4 rings (SSSR count). The van der Waals surface area contributed by atoms with Crippen LogP contribution in [0.3, 0.4) is 0 Å². The Morgan fingerprint density at radius 3 is 2.81 bits per heavy atom. The number of benzene rings is 1. The van der Waals surface area contributed by atoms with E-state index in [4.69, 9.17) is 0 Å². The lowest BCUT2D eigenvalue weighted by Crippen LogP contribution is -2.59. The molecule has 1 aromatic carbocycles. The monoisotopic (exact) mass is 388 g/mol. The van der Waals surface area contributed by atoms with E-state index in [1.54, 1.807) is 11.8 Å². The van der Waals surface area contributed by atoms with E-state index in [-0.39, 0.29) is 17.9 Å². The van der Waals surface area contributed by atoms with Crippen LogP contribution in [0.5, 0.6) is 0 Å². The Morgan fingerprint density at radius 2 is 2.08 bits per heavy atom. The van der Waals surface area contributed by atoms with E-state index in [0.29, 0.717) is 18.7 Å². The average molecular weight is 389 g/mol. The molecule has 138 valence electrons. The number of nitrogens with zero attached hydrogens (tertiary/aromatic N) is 2. The number of piperidine rings is 1. The van der Waals surface area contributed by atoms with Crippen molar-refractivity contribution < 1.29 is 9.90 Å². The van der Waals surface area contributed by atoms with Gasteiger partial charge < -0.3 is 10.0 Å². The SMILES string of the molecule is CSc1nc(C(=O)N2CCC(O)(c3ccccc3)[C@H]3CCCC[C@@H]32)cs1. The molecule has 2 aromatic rings. The molecule has 1 saturated carbocycles. The summed E-state index contributed by atoms with van der Waals surface area (Å²) in [5, 5.41) is 13.5. The topological polar surface area (TPSA) is 53.4 Å². The maximum atomic E-state index is 13.1. The van der Waals surface area contributed by atoms with E-state index in [1.807, 2.05) is 46.9 Å². The van der Waals surface area contributed by atoms with Gasteiger partial charge in [-0.05, 0) is 31.1 Å². The molecule has 1 amide bonds. The van der Waals surface area contributed by atoms with Crippen LogP contribution < -0.4 is 0 Å². The van der Waals surface area contributed by atoms with Crippen molar-refractivity contribution in [2.45, 2.75) is 48.1 Å². The molecule has 2 aliphatic rings. The molecule has 1 saturated heterocycles. The molecule has 0 radical (unpaired) electrons. The van der Waals surface area contributed by atoms with Gasteiger partial charge in [-0.3, -0.25) is 4.79 Å². The highest BCUT2D eigenvalue weighted by molar-refractivity contribution is 8.00. The van der Waals surface area contributed by atoms with E-state index >= 15 is 0 Å². The number of fused-ring (bicyclic) bond motifs is 1. The maximum Gasteiger partial charge on any atom is 0.273 e. The predicted molar refractivity (Wildman–Crippen MR) is 106 cm³/mol. The summed E-state index contributed by atoms with van der Waals surface area (Å²) in [4.78, 5) is 19.6. The fourth-order valence-electron chi connectivity index (χ4n) is 4.62. The number of hydrogen-bond donors (Lipinski definition) is 1. The maximum absolute atomic E-state index is 13.1. The van der Waals surface area contributed by atoms with Gasteiger partial charge in [-0.15, -0.1) is 11.3 Å². The van der Waals surface area contributed by atoms with Crippen molar-refractivity contribution in [3.8, 4) is 0 Å². The number of carbonyl (C=O) groups is 1. The first-order valence-corrected chi connectivity index (χ1v) is 11.3. The zero-order chi connectivity index (χ0) is 18.1. The third-order valence-electron chi connectivity index (χ3n) is 5.89. The zero-order valence-electron chi connectivity index (χ0n) is 14.9. The fraction of sp³-hybridized carbons (Fsp3) is 0.500. The summed E-state index contributed by atoms with van der Waals surface area (Å²) in [6.07, 6.45) is 6.72. The van der Waals surface area contributed by atoms with Crippen molar-refractivity contribution in [1.82, 2.24) is 9.88 Å². The van der Waals surface area contributed by atoms with E-state index in [9.17, 15) is 9.90 Å². The molecule has 4 nitrogen and oxygen atoms in total. The minimum atomic E-state index is -0.838. The van der Waals surface area contributed by atoms with E-state index in [2.05, 4.69) is 4.98 Å². The Morgan fingerprint density at radius 1 is 1.31 bits per heavy atom. The molecule has 6 heteroatoms. The van der Waals surface area contributed by atoms with Crippen molar-refractivity contribution in [2.75, 3.05) is 12.8 Å². The Labute approximate surface area is 162 Å². The Bertz CT molecular complexity index is 779. The molecule has 26 heavy (non-hydrogen) atoms. The number of thioether (sulfide) groups is 1. The number of likely N-dealkylation sites (tertiary alicyclic amines) is 1. The number of carbonyl (C=O) groups excluding carboxylic acids is 1. The molecule has 0 spiro atoms. The Balaban J connectivity index is 1.63. The fourth-order valence-corrected chi connectivity index (χ4v) is 5.85. The van der Waals surface area contributed by atoms with Crippen LogP contribution in [-0.4, -0.2) is 39.7 Å². The van der Waals surface area contributed by atoms with Crippen molar-refractivity contribution in [2.24, 2.45) is 5.92 Å². The summed E-state index contributed by atoms with van der Waals surface area (Å²) >= 11 is 3.09. The van der Waals surface area contributed by atoms with Gasteiger partial charge in [0.25, 0.3) is 5.91 Å². The molecule has 1 unspecified atom stereocenters. The van der Waals surface area contributed by atoms with Crippen LogP contribution in [0, 0.1) is 5.92 Å². The largest absolute Gasteiger partial charge is 0.385 e. The summed E-state index contributed by atoms with van der Waals surface area (Å²) in [7, 11) is 0. The first-order valence-electron chi connectivity index (χ1n) is 9.22. The number of amides is 1. The molecule has 1 aromatic heterocycles. The van der Waals surface area contributed by atoms with E-state index < -0.39 is 5.60 Å². The third kappa shape index (κ3) is 3.08. The lowest BCUT2D eigenvalue weighted by atomic mass is 9.66. The van der Waals surface area contributed by atoms with Crippen LogP contribution in [-0.2, 0) is 5.60 Å². The van der Waals surface area contributed by atoms with Crippen LogP contribution in [0.15, 0.2) is 40.1 Å². The Kier molecular flexibility index (Phi) is 5.08. The van der Waals surface area contributed by atoms with Crippen LogP contribution in [0.4, 0.5) is 0 Å². The van der Waals surface area contributed by atoms with Gasteiger partial charge in [-0.2, -0.15) is 0 Å². The molecule has 3 atom stereocenters. The van der Waals surface area contributed by atoms with Gasteiger partial charge in [-0.25, -0.2) is 4.98 Å². The number of rotatable bonds is 3. The van der Waals surface area contributed by atoms with Gasteiger partial charge in [0, 0.05) is 23.9 Å². The first kappa shape index (κ1) is 18.0. The molecule has 1 aliphatic carbocycles. The van der Waals surface area contributed by atoms with Crippen LogP contribution in [0.25, 0.3) is 0 Å². The van der Waals surface area contributed by atoms with Gasteiger partial charge in [0.15, 0.2) is 0 Å². The number of aliphatic hydroxyl groups is 1. The van der Waals surface area contributed by atoms with E-state index in [0.717, 1.165) is 35.6 Å². The van der Waals surface area contributed by atoms with Crippen molar-refractivity contribution in [3.05, 3.63) is 47.0 Å². The standard InChI is InChI=1S/C20H24N2O2S2/c1-25-19-21-16(13-26-19)18(23)22-12-11-20(24,14-7-3-2-4-8-14)15-9-5-6-10-17(15)22/h2-4,7-8,13,15,17,24H,5-6,9-12H2,1H3/t15-,17-,20?/m0/s1. The highest BCUT2D eigenvalue weighted by atomic mass is 32.2. The third-order valence-corrected chi connectivity index (χ3v) is 7.75. The summed E-state index contributed by atoms with van der Waals surface area (Å²) < 4.78 is 0.923. The van der Waals surface area contributed by atoms with Gasteiger partial charge in [0.05, 0.1) is 5.60 Å². The zero-order valence-corrected chi connectivity index (χ0v) is 16.6. The van der Waals surface area contributed by atoms with Crippen LogP contribution >= 0.6 is 23.1 Å². The summed E-state index contributed by atoms with van der Waals surface area (Å²) in [5.41, 5.74) is 0.700. The normalized spacial score (nSPS) is 28.6. The minimum absolute atomic E-state index is 0.0218. The first-order chi connectivity index (χ1) is 12.6. The predicted octanol–water partition coefficient (Wildman–Crippen LogP) is 4.16. The van der Waals surface area contributed by atoms with E-state index in [1.165, 1.54) is 11.3 Å². The molecule has 2 fully saturated rings. The second kappa shape index (κ2) is 7.33. The summed E-state index contributed by atoms with van der Waals surface area (Å²) in [5.74, 6) is 0.114. The average Bonchev–Trinajstić information content (AvgIpc) is 3.18. The molecule has 2 heterocycles. The molecule has 0 bridgehead atoms. The second-order valence-corrected chi connectivity index (χ2v) is 9.11. The van der Waals surface area contributed by atoms with Gasteiger partial charge in [-0.1, -0.05) is 54.9 Å². The minimum Gasteiger partial charge on any atom is -0.385 e.